The van der Waals surface area contributed by atoms with Crippen LogP contribution in [0.2, 0.25) is 0 Å². The second kappa shape index (κ2) is 5.09. The van der Waals surface area contributed by atoms with Gasteiger partial charge < -0.3 is 14.6 Å². The van der Waals surface area contributed by atoms with E-state index in [0.29, 0.717) is 0 Å². The first-order chi connectivity index (χ1) is 9.70. The summed E-state index contributed by atoms with van der Waals surface area (Å²) in [5.74, 6) is 2.07. The van der Waals surface area contributed by atoms with E-state index in [0.717, 1.165) is 30.8 Å². The van der Waals surface area contributed by atoms with E-state index in [-0.39, 0.29) is 5.41 Å². The summed E-state index contributed by atoms with van der Waals surface area (Å²) in [4.78, 5) is 4.93. The number of hydrogen-bond acceptors (Lipinski definition) is 3. The molecule has 1 unspecified atom stereocenters. The lowest BCUT2D eigenvalue weighted by molar-refractivity contribution is 0.283. The molecule has 0 spiro atoms. The summed E-state index contributed by atoms with van der Waals surface area (Å²) in [7, 11) is 3.83. The fourth-order valence-electron chi connectivity index (χ4n) is 3.40. The van der Waals surface area contributed by atoms with Crippen molar-refractivity contribution >= 4 is 11.0 Å². The first-order valence-electron chi connectivity index (χ1n) is 7.42. The minimum atomic E-state index is 0.166. The van der Waals surface area contributed by atoms with Crippen LogP contribution in [-0.2, 0) is 12.5 Å². The fourth-order valence-corrected chi connectivity index (χ4v) is 3.40. The van der Waals surface area contributed by atoms with Crippen molar-refractivity contribution in [2.75, 3.05) is 20.2 Å². The van der Waals surface area contributed by atoms with Crippen molar-refractivity contribution in [1.82, 2.24) is 14.9 Å². The Hall–Kier alpha value is -1.55. The normalized spacial score (nSPS) is 23.1. The van der Waals surface area contributed by atoms with Gasteiger partial charge in [0.1, 0.15) is 11.6 Å². The van der Waals surface area contributed by atoms with Crippen LogP contribution in [0, 0.1) is 0 Å². The van der Waals surface area contributed by atoms with E-state index in [1.807, 2.05) is 12.1 Å². The molecule has 2 heterocycles. The Bertz CT molecular complexity index is 611. The van der Waals surface area contributed by atoms with Gasteiger partial charge in [-0.2, -0.15) is 0 Å². The summed E-state index contributed by atoms with van der Waals surface area (Å²) < 4.78 is 7.56. The lowest BCUT2D eigenvalue weighted by atomic mass is 9.77. The summed E-state index contributed by atoms with van der Waals surface area (Å²) in [5.41, 5.74) is 2.37. The minimum Gasteiger partial charge on any atom is -0.497 e. The largest absolute Gasteiger partial charge is 0.497 e. The maximum absolute atomic E-state index is 5.31. The Morgan fingerprint density at radius 3 is 2.95 bits per heavy atom. The molecule has 1 aromatic carbocycles. The van der Waals surface area contributed by atoms with Crippen LogP contribution in [0.25, 0.3) is 11.0 Å². The van der Waals surface area contributed by atoms with Gasteiger partial charge in [0, 0.05) is 25.1 Å². The molecule has 4 heteroatoms. The molecule has 1 saturated heterocycles. The van der Waals surface area contributed by atoms with E-state index in [9.17, 15) is 0 Å². The van der Waals surface area contributed by atoms with Crippen LogP contribution in [0.4, 0.5) is 0 Å². The predicted molar refractivity (Wildman–Crippen MR) is 81.3 cm³/mol. The number of aromatic nitrogens is 2. The van der Waals surface area contributed by atoms with E-state index >= 15 is 0 Å². The first-order valence-corrected chi connectivity index (χ1v) is 7.42. The molecule has 1 atom stereocenters. The standard InChI is InChI=1S/C16H23N3O/c1-4-16(8-5-9-17-11-16)15-18-13-10-12(20-3)6-7-14(13)19(15)2/h6-7,10,17H,4-5,8-9,11H2,1-3H3. The van der Waals surface area contributed by atoms with Crippen LogP contribution in [0.15, 0.2) is 18.2 Å². The van der Waals surface area contributed by atoms with Crippen LogP contribution in [-0.4, -0.2) is 29.8 Å². The van der Waals surface area contributed by atoms with E-state index in [1.165, 1.54) is 24.2 Å². The average Bonchev–Trinajstić information content (AvgIpc) is 2.85. The molecule has 20 heavy (non-hydrogen) atoms. The molecule has 0 aliphatic carbocycles. The van der Waals surface area contributed by atoms with Crippen LogP contribution < -0.4 is 10.1 Å². The number of nitrogens with zero attached hydrogens (tertiary/aromatic N) is 2. The van der Waals surface area contributed by atoms with Gasteiger partial charge in [0.15, 0.2) is 0 Å². The average molecular weight is 273 g/mol. The maximum Gasteiger partial charge on any atom is 0.121 e. The number of benzene rings is 1. The monoisotopic (exact) mass is 273 g/mol. The van der Waals surface area contributed by atoms with Gasteiger partial charge in [0.25, 0.3) is 0 Å². The highest BCUT2D eigenvalue weighted by atomic mass is 16.5. The van der Waals surface area contributed by atoms with E-state index in [1.54, 1.807) is 7.11 Å². The highest BCUT2D eigenvalue weighted by molar-refractivity contribution is 5.78. The number of fused-ring (bicyclic) bond motifs is 1. The van der Waals surface area contributed by atoms with Crippen molar-refractivity contribution in [2.45, 2.75) is 31.6 Å². The molecule has 0 radical (unpaired) electrons. The molecule has 0 bridgehead atoms. The highest BCUT2D eigenvalue weighted by Gasteiger charge is 2.36. The van der Waals surface area contributed by atoms with Gasteiger partial charge in [0.2, 0.25) is 0 Å². The van der Waals surface area contributed by atoms with Crippen LogP contribution in [0.5, 0.6) is 5.75 Å². The zero-order valence-electron chi connectivity index (χ0n) is 12.6. The smallest absolute Gasteiger partial charge is 0.121 e. The topological polar surface area (TPSA) is 39.1 Å². The molecule has 1 aliphatic rings. The van der Waals surface area contributed by atoms with Crippen LogP contribution >= 0.6 is 0 Å². The fraction of sp³-hybridized carbons (Fsp3) is 0.562. The zero-order valence-corrected chi connectivity index (χ0v) is 12.6. The molecule has 2 aromatic rings. The molecular formula is C16H23N3O. The molecule has 4 nitrogen and oxygen atoms in total. The quantitative estimate of drug-likeness (QED) is 0.934. The van der Waals surface area contributed by atoms with Crippen molar-refractivity contribution in [1.29, 1.82) is 0 Å². The molecule has 108 valence electrons. The number of rotatable bonds is 3. The van der Waals surface area contributed by atoms with Gasteiger partial charge in [0.05, 0.1) is 18.1 Å². The van der Waals surface area contributed by atoms with E-state index in [4.69, 9.17) is 9.72 Å². The molecule has 1 aromatic heterocycles. The summed E-state index contributed by atoms with van der Waals surface area (Å²) in [6.07, 6.45) is 3.56. The minimum absolute atomic E-state index is 0.166. The summed E-state index contributed by atoms with van der Waals surface area (Å²) in [6.45, 7) is 4.42. The number of nitrogens with one attached hydrogen (secondary N) is 1. The lowest BCUT2D eigenvalue weighted by Crippen LogP contribution is -2.44. The predicted octanol–water partition coefficient (Wildman–Crippen LogP) is 2.61. The van der Waals surface area contributed by atoms with Gasteiger partial charge in [-0.1, -0.05) is 6.92 Å². The van der Waals surface area contributed by atoms with Gasteiger partial charge in [-0.3, -0.25) is 0 Å². The Labute approximate surface area is 120 Å². The highest BCUT2D eigenvalue weighted by Crippen LogP contribution is 2.35. The Balaban J connectivity index is 2.12. The first kappa shape index (κ1) is 13.4. The third-order valence-corrected chi connectivity index (χ3v) is 4.71. The molecule has 0 amide bonds. The Kier molecular flexibility index (Phi) is 3.42. The van der Waals surface area contributed by atoms with E-state index in [2.05, 4.69) is 29.9 Å². The number of ether oxygens (including phenoxy) is 1. The second-order valence-corrected chi connectivity index (χ2v) is 5.76. The number of methoxy groups -OCH3 is 1. The third kappa shape index (κ3) is 1.99. The van der Waals surface area contributed by atoms with Gasteiger partial charge in [-0.15, -0.1) is 0 Å². The second-order valence-electron chi connectivity index (χ2n) is 5.76. The van der Waals surface area contributed by atoms with Gasteiger partial charge in [-0.25, -0.2) is 4.98 Å². The van der Waals surface area contributed by atoms with Gasteiger partial charge in [-0.05, 0) is 37.9 Å². The number of hydrogen-bond donors (Lipinski definition) is 1. The summed E-state index contributed by atoms with van der Waals surface area (Å²) in [5, 5.41) is 3.54. The molecule has 1 fully saturated rings. The SMILES string of the molecule is CCC1(c2nc3cc(OC)ccc3n2C)CCCNC1. The Morgan fingerprint density at radius 2 is 2.30 bits per heavy atom. The van der Waals surface area contributed by atoms with Gasteiger partial charge >= 0.3 is 0 Å². The molecule has 1 N–H and O–H groups in total. The summed E-state index contributed by atoms with van der Waals surface area (Å²) in [6, 6.07) is 6.13. The number of imidazole rings is 1. The van der Waals surface area contributed by atoms with Crippen LogP contribution in [0.3, 0.4) is 0 Å². The lowest BCUT2D eigenvalue weighted by Gasteiger charge is -2.36. The zero-order chi connectivity index (χ0) is 14.2. The van der Waals surface area contributed by atoms with Crippen molar-refractivity contribution < 1.29 is 4.74 Å². The van der Waals surface area contributed by atoms with Crippen molar-refractivity contribution in [3.05, 3.63) is 24.0 Å². The third-order valence-electron chi connectivity index (χ3n) is 4.71. The van der Waals surface area contributed by atoms with Crippen molar-refractivity contribution in [3.8, 4) is 5.75 Å². The molecular weight excluding hydrogens is 250 g/mol. The summed E-state index contributed by atoms with van der Waals surface area (Å²) >= 11 is 0. The number of piperidine rings is 1. The van der Waals surface area contributed by atoms with E-state index < -0.39 is 0 Å². The molecule has 0 saturated carbocycles. The number of aryl methyl sites for hydroxylation is 1. The molecule has 1 aliphatic heterocycles. The van der Waals surface area contributed by atoms with Crippen molar-refractivity contribution in [2.24, 2.45) is 7.05 Å². The maximum atomic E-state index is 5.31. The molecule has 3 rings (SSSR count). The Morgan fingerprint density at radius 1 is 1.45 bits per heavy atom. The van der Waals surface area contributed by atoms with Crippen molar-refractivity contribution in [3.63, 3.8) is 0 Å². The van der Waals surface area contributed by atoms with Crippen LogP contribution in [0.1, 0.15) is 32.0 Å².